The molecule has 104 valence electrons. The zero-order chi connectivity index (χ0) is 14.4. The highest BCUT2D eigenvalue weighted by atomic mass is 79.9. The molecule has 0 saturated heterocycles. The monoisotopic (exact) mass is 354 g/mol. The van der Waals surface area contributed by atoms with Gasteiger partial charge in [0.05, 0.1) is 10.2 Å². The van der Waals surface area contributed by atoms with Crippen molar-refractivity contribution in [3.8, 4) is 0 Å². The molecule has 0 aliphatic carbocycles. The summed E-state index contributed by atoms with van der Waals surface area (Å²) in [6.07, 6.45) is 3.69. The molecule has 0 aliphatic rings. The number of halogens is 2. The van der Waals surface area contributed by atoms with E-state index >= 15 is 0 Å². The number of thiocarbonyl (C=S) groups is 1. The van der Waals surface area contributed by atoms with Crippen LogP contribution in [0, 0.1) is 5.82 Å². The lowest BCUT2D eigenvalue weighted by Crippen LogP contribution is -2.30. The maximum atomic E-state index is 13.4. The summed E-state index contributed by atoms with van der Waals surface area (Å²) in [5.74, 6) is 0.328. The third-order valence-corrected chi connectivity index (χ3v) is 3.36. The summed E-state index contributed by atoms with van der Waals surface area (Å²) in [4.78, 5) is 8.12. The lowest BCUT2D eigenvalue weighted by Gasteiger charge is -2.10. The van der Waals surface area contributed by atoms with E-state index in [1.165, 1.54) is 6.07 Å². The fourth-order valence-corrected chi connectivity index (χ4v) is 2.08. The predicted octanol–water partition coefficient (Wildman–Crippen LogP) is 2.91. The normalized spacial score (nSPS) is 10.1. The number of hydrogen-bond donors (Lipinski definition) is 2. The van der Waals surface area contributed by atoms with Crippen LogP contribution in [0.25, 0.3) is 0 Å². The van der Waals surface area contributed by atoms with Gasteiger partial charge >= 0.3 is 0 Å². The molecule has 0 aromatic carbocycles. The van der Waals surface area contributed by atoms with Gasteiger partial charge in [0.2, 0.25) is 0 Å². The smallest absolute Gasteiger partial charge is 0.171 e. The van der Waals surface area contributed by atoms with Crippen molar-refractivity contribution in [2.75, 3.05) is 11.9 Å². The van der Waals surface area contributed by atoms with E-state index in [1.807, 2.05) is 12.1 Å². The number of hydrogen-bond acceptors (Lipinski definition) is 3. The Hall–Kier alpha value is -1.60. The first-order valence-corrected chi connectivity index (χ1v) is 7.11. The van der Waals surface area contributed by atoms with Crippen LogP contribution >= 0.6 is 28.1 Å². The summed E-state index contributed by atoms with van der Waals surface area (Å²) in [7, 11) is 0. The van der Waals surface area contributed by atoms with Gasteiger partial charge in [-0.3, -0.25) is 4.98 Å². The molecule has 2 aromatic rings. The van der Waals surface area contributed by atoms with Gasteiger partial charge in [-0.05, 0) is 52.4 Å². The van der Waals surface area contributed by atoms with E-state index in [9.17, 15) is 4.39 Å². The second-order valence-corrected chi connectivity index (χ2v) is 5.16. The van der Waals surface area contributed by atoms with Crippen LogP contribution in [0.2, 0.25) is 0 Å². The lowest BCUT2D eigenvalue weighted by atomic mass is 10.2. The van der Waals surface area contributed by atoms with Crippen molar-refractivity contribution in [1.82, 2.24) is 15.3 Å². The molecule has 4 nitrogen and oxygen atoms in total. The molecule has 7 heteroatoms. The lowest BCUT2D eigenvalue weighted by molar-refractivity contribution is 0.596. The van der Waals surface area contributed by atoms with Crippen molar-refractivity contribution in [3.63, 3.8) is 0 Å². The van der Waals surface area contributed by atoms with Gasteiger partial charge in [-0.1, -0.05) is 0 Å². The van der Waals surface area contributed by atoms with Crippen LogP contribution in [0.5, 0.6) is 0 Å². The average Bonchev–Trinajstić information content (AvgIpc) is 2.43. The zero-order valence-corrected chi connectivity index (χ0v) is 12.8. The molecule has 0 atom stereocenters. The quantitative estimate of drug-likeness (QED) is 0.826. The first kappa shape index (κ1) is 14.8. The molecule has 0 saturated carbocycles. The minimum Gasteiger partial charge on any atom is -0.362 e. The highest BCUT2D eigenvalue weighted by Gasteiger charge is 2.04. The number of pyridine rings is 2. The summed E-state index contributed by atoms with van der Waals surface area (Å²) in [6.45, 7) is 0.490. The van der Waals surface area contributed by atoms with Crippen molar-refractivity contribution in [2.45, 2.75) is 6.42 Å². The van der Waals surface area contributed by atoms with E-state index in [-0.39, 0.29) is 5.82 Å². The van der Waals surface area contributed by atoms with Crippen LogP contribution < -0.4 is 10.6 Å². The number of nitrogens with zero attached hydrogens (tertiary/aromatic N) is 2. The van der Waals surface area contributed by atoms with E-state index in [0.29, 0.717) is 29.6 Å². The standard InChI is InChI=1S/C13H12BrFN4S/c14-9-3-1-7-17-12(9)19-13(20)18-8-5-11-10(15)4-2-6-16-11/h1-4,6-7H,5,8H2,(H2,17,18,19,20). The van der Waals surface area contributed by atoms with Gasteiger partial charge in [0.25, 0.3) is 0 Å². The maximum Gasteiger partial charge on any atom is 0.171 e. The van der Waals surface area contributed by atoms with Crippen LogP contribution in [-0.4, -0.2) is 21.6 Å². The van der Waals surface area contributed by atoms with Gasteiger partial charge < -0.3 is 10.6 Å². The largest absolute Gasteiger partial charge is 0.362 e. The average molecular weight is 355 g/mol. The SMILES string of the molecule is Fc1cccnc1CCNC(=S)Nc1ncccc1Br. The fraction of sp³-hybridized carbons (Fsp3) is 0.154. The second kappa shape index (κ2) is 7.25. The summed E-state index contributed by atoms with van der Waals surface area (Å²) >= 11 is 8.51. The molecule has 0 unspecified atom stereocenters. The highest BCUT2D eigenvalue weighted by Crippen LogP contribution is 2.17. The molecule has 2 rings (SSSR count). The van der Waals surface area contributed by atoms with Crippen molar-refractivity contribution in [1.29, 1.82) is 0 Å². The minimum atomic E-state index is -0.305. The summed E-state index contributed by atoms with van der Waals surface area (Å²) in [6, 6.07) is 6.64. The Morgan fingerprint density at radius 2 is 2.00 bits per heavy atom. The maximum absolute atomic E-state index is 13.4. The van der Waals surface area contributed by atoms with Crippen molar-refractivity contribution < 1.29 is 4.39 Å². The summed E-state index contributed by atoms with van der Waals surface area (Å²) in [5, 5.41) is 6.38. The second-order valence-electron chi connectivity index (χ2n) is 3.90. The molecule has 20 heavy (non-hydrogen) atoms. The molecule has 2 N–H and O–H groups in total. The minimum absolute atomic E-state index is 0.305. The molecule has 0 fully saturated rings. The Kier molecular flexibility index (Phi) is 5.37. The summed E-state index contributed by atoms with van der Waals surface area (Å²) in [5.41, 5.74) is 0.418. The van der Waals surface area contributed by atoms with Crippen molar-refractivity contribution >= 4 is 39.1 Å². The third kappa shape index (κ3) is 4.21. The van der Waals surface area contributed by atoms with Gasteiger partial charge in [0.1, 0.15) is 11.6 Å². The van der Waals surface area contributed by atoms with E-state index in [4.69, 9.17) is 12.2 Å². The first-order chi connectivity index (χ1) is 9.66. The molecule has 0 aliphatic heterocycles. The molecule has 0 spiro atoms. The Morgan fingerprint density at radius 3 is 2.75 bits per heavy atom. The van der Waals surface area contributed by atoms with E-state index in [0.717, 1.165) is 4.47 Å². The van der Waals surface area contributed by atoms with Gasteiger partial charge in [0.15, 0.2) is 5.11 Å². The number of aromatic nitrogens is 2. The molecular formula is C13H12BrFN4S. The van der Waals surface area contributed by atoms with Crippen LogP contribution in [0.15, 0.2) is 41.1 Å². The Balaban J connectivity index is 1.82. The van der Waals surface area contributed by atoms with Gasteiger partial charge in [0, 0.05) is 25.4 Å². The number of rotatable bonds is 4. The molecule has 0 amide bonds. The van der Waals surface area contributed by atoms with E-state index in [2.05, 4.69) is 36.5 Å². The zero-order valence-electron chi connectivity index (χ0n) is 10.4. The molecule has 2 heterocycles. The highest BCUT2D eigenvalue weighted by molar-refractivity contribution is 9.10. The van der Waals surface area contributed by atoms with Crippen LogP contribution in [0.3, 0.4) is 0 Å². The Bertz CT molecular complexity index is 608. The fourth-order valence-electron chi connectivity index (χ4n) is 1.53. The van der Waals surface area contributed by atoms with Crippen LogP contribution in [0.1, 0.15) is 5.69 Å². The van der Waals surface area contributed by atoms with E-state index < -0.39 is 0 Å². The predicted molar refractivity (Wildman–Crippen MR) is 84.1 cm³/mol. The van der Waals surface area contributed by atoms with Gasteiger partial charge in [-0.2, -0.15) is 0 Å². The third-order valence-electron chi connectivity index (χ3n) is 2.47. The summed E-state index contributed by atoms with van der Waals surface area (Å²) < 4.78 is 14.2. The number of anilines is 1. The van der Waals surface area contributed by atoms with Crippen LogP contribution in [-0.2, 0) is 6.42 Å². The number of nitrogens with one attached hydrogen (secondary N) is 2. The first-order valence-electron chi connectivity index (χ1n) is 5.91. The Morgan fingerprint density at radius 1 is 1.25 bits per heavy atom. The molecule has 0 radical (unpaired) electrons. The van der Waals surface area contributed by atoms with Gasteiger partial charge in [-0.15, -0.1) is 0 Å². The van der Waals surface area contributed by atoms with E-state index in [1.54, 1.807) is 18.5 Å². The van der Waals surface area contributed by atoms with Crippen LogP contribution in [0.4, 0.5) is 10.2 Å². The van der Waals surface area contributed by atoms with Crippen molar-refractivity contribution in [2.24, 2.45) is 0 Å². The Labute approximate surface area is 130 Å². The topological polar surface area (TPSA) is 49.8 Å². The molecule has 0 bridgehead atoms. The van der Waals surface area contributed by atoms with Crippen molar-refractivity contribution in [3.05, 3.63) is 52.6 Å². The van der Waals surface area contributed by atoms with Gasteiger partial charge in [-0.25, -0.2) is 9.37 Å². The molecular weight excluding hydrogens is 343 g/mol. The molecule has 2 aromatic heterocycles.